The fourth-order valence-electron chi connectivity index (χ4n) is 2.35. The number of halogens is 1. The molecule has 2 rings (SSSR count). The van der Waals surface area contributed by atoms with Gasteiger partial charge in [-0.3, -0.25) is 4.79 Å². The molecular formula is C14H18FNO3. The van der Waals surface area contributed by atoms with E-state index >= 15 is 0 Å². The van der Waals surface area contributed by atoms with Crippen molar-refractivity contribution >= 4 is 5.91 Å². The third-order valence-electron chi connectivity index (χ3n) is 3.67. The summed E-state index contributed by atoms with van der Waals surface area (Å²) in [6.07, 6.45) is 0.739. The van der Waals surface area contributed by atoms with Crippen molar-refractivity contribution in [3.8, 4) is 5.75 Å². The van der Waals surface area contributed by atoms with Crippen LogP contribution in [0.4, 0.5) is 4.39 Å². The molecule has 1 aromatic rings. The average Bonchev–Trinajstić information content (AvgIpc) is 2.81. The highest BCUT2D eigenvalue weighted by Gasteiger charge is 2.35. The van der Waals surface area contributed by atoms with Crippen molar-refractivity contribution in [2.75, 3.05) is 13.1 Å². The van der Waals surface area contributed by atoms with E-state index in [0.29, 0.717) is 13.1 Å². The van der Waals surface area contributed by atoms with Gasteiger partial charge in [0.15, 0.2) is 11.6 Å². The minimum absolute atomic E-state index is 0.0329. The molecule has 2 N–H and O–H groups in total. The Morgan fingerprint density at radius 2 is 2.16 bits per heavy atom. The zero-order chi connectivity index (χ0) is 14.2. The second kappa shape index (κ2) is 4.81. The van der Waals surface area contributed by atoms with Crippen LogP contribution in [-0.4, -0.2) is 39.7 Å². The van der Waals surface area contributed by atoms with Gasteiger partial charge in [0.25, 0.3) is 5.91 Å². The quantitative estimate of drug-likeness (QED) is 0.858. The van der Waals surface area contributed by atoms with Crippen LogP contribution in [0.5, 0.6) is 5.75 Å². The molecule has 1 aromatic carbocycles. The Bertz CT molecular complexity index is 496. The Morgan fingerprint density at radius 3 is 2.68 bits per heavy atom. The fourth-order valence-corrected chi connectivity index (χ4v) is 2.35. The van der Waals surface area contributed by atoms with Gasteiger partial charge in [0.1, 0.15) is 0 Å². The molecule has 0 aliphatic carbocycles. The first-order chi connectivity index (χ1) is 8.79. The number of hydrogen-bond donors (Lipinski definition) is 2. The number of amides is 1. The maximum Gasteiger partial charge on any atom is 0.254 e. The minimum Gasteiger partial charge on any atom is -0.505 e. The molecule has 1 saturated heterocycles. The number of carbonyl (C=O) groups is 1. The SMILES string of the molecule is CC(C)(O)[C@H]1CCN(C(=O)c2ccc(F)c(O)c2)C1. The van der Waals surface area contributed by atoms with Crippen molar-refractivity contribution in [1.29, 1.82) is 0 Å². The molecule has 0 aromatic heterocycles. The van der Waals surface area contributed by atoms with Gasteiger partial charge in [-0.15, -0.1) is 0 Å². The molecule has 19 heavy (non-hydrogen) atoms. The number of phenolic OH excluding ortho intramolecular Hbond substituents is 1. The lowest BCUT2D eigenvalue weighted by molar-refractivity contribution is 0.0211. The molecule has 0 spiro atoms. The predicted molar refractivity (Wildman–Crippen MR) is 68.4 cm³/mol. The lowest BCUT2D eigenvalue weighted by atomic mass is 9.90. The second-order valence-corrected chi connectivity index (χ2v) is 5.56. The van der Waals surface area contributed by atoms with E-state index in [1.54, 1.807) is 18.7 Å². The third kappa shape index (κ3) is 2.87. The molecule has 1 atom stereocenters. The number of aromatic hydroxyl groups is 1. The van der Waals surface area contributed by atoms with Crippen LogP contribution in [0.2, 0.25) is 0 Å². The Morgan fingerprint density at radius 1 is 1.47 bits per heavy atom. The number of aliphatic hydroxyl groups is 1. The standard InChI is InChI=1S/C14H18FNO3/c1-14(2,19)10-5-6-16(8-10)13(18)9-3-4-11(15)12(17)7-9/h3-4,7,10,17,19H,5-6,8H2,1-2H3/t10-/m0/s1. The highest BCUT2D eigenvalue weighted by Crippen LogP contribution is 2.28. The molecule has 0 radical (unpaired) electrons. The number of benzene rings is 1. The molecular weight excluding hydrogens is 249 g/mol. The van der Waals surface area contributed by atoms with Crippen LogP contribution in [0.3, 0.4) is 0 Å². The first-order valence-corrected chi connectivity index (χ1v) is 6.29. The van der Waals surface area contributed by atoms with E-state index in [1.807, 2.05) is 0 Å². The summed E-state index contributed by atoms with van der Waals surface area (Å²) in [5, 5.41) is 19.2. The Kier molecular flexibility index (Phi) is 3.49. The number of nitrogens with zero attached hydrogens (tertiary/aromatic N) is 1. The second-order valence-electron chi connectivity index (χ2n) is 5.56. The van der Waals surface area contributed by atoms with Crippen LogP contribution in [0.25, 0.3) is 0 Å². The monoisotopic (exact) mass is 267 g/mol. The van der Waals surface area contributed by atoms with Crippen LogP contribution in [0.15, 0.2) is 18.2 Å². The number of likely N-dealkylation sites (tertiary alicyclic amines) is 1. The van der Waals surface area contributed by atoms with Gasteiger partial charge in [0, 0.05) is 24.6 Å². The molecule has 1 aliphatic rings. The zero-order valence-electron chi connectivity index (χ0n) is 11.1. The zero-order valence-corrected chi connectivity index (χ0v) is 11.1. The van der Waals surface area contributed by atoms with Crippen LogP contribution in [-0.2, 0) is 0 Å². The van der Waals surface area contributed by atoms with Gasteiger partial charge in [-0.05, 0) is 38.5 Å². The number of hydrogen-bond acceptors (Lipinski definition) is 3. The lowest BCUT2D eigenvalue weighted by Crippen LogP contribution is -2.35. The highest BCUT2D eigenvalue weighted by molar-refractivity contribution is 5.94. The summed E-state index contributed by atoms with van der Waals surface area (Å²) in [5.74, 6) is -1.48. The van der Waals surface area contributed by atoms with E-state index in [4.69, 9.17) is 0 Å². The van der Waals surface area contributed by atoms with E-state index in [9.17, 15) is 19.4 Å². The van der Waals surface area contributed by atoms with Crippen LogP contribution < -0.4 is 0 Å². The van der Waals surface area contributed by atoms with Gasteiger partial charge in [-0.2, -0.15) is 0 Å². The van der Waals surface area contributed by atoms with E-state index in [-0.39, 0.29) is 17.4 Å². The van der Waals surface area contributed by atoms with Crippen molar-refractivity contribution in [1.82, 2.24) is 4.90 Å². The van der Waals surface area contributed by atoms with Crippen LogP contribution in [0, 0.1) is 11.7 Å². The summed E-state index contributed by atoms with van der Waals surface area (Å²) in [6, 6.07) is 3.57. The summed E-state index contributed by atoms with van der Waals surface area (Å²) < 4.78 is 12.9. The molecule has 0 saturated carbocycles. The maximum absolute atomic E-state index is 12.9. The molecule has 1 heterocycles. The minimum atomic E-state index is -0.819. The number of carbonyl (C=O) groups excluding carboxylic acids is 1. The first-order valence-electron chi connectivity index (χ1n) is 6.29. The maximum atomic E-state index is 12.9. The molecule has 0 unspecified atom stereocenters. The summed E-state index contributed by atoms with van der Waals surface area (Å²) in [4.78, 5) is 13.8. The highest BCUT2D eigenvalue weighted by atomic mass is 19.1. The van der Waals surface area contributed by atoms with Crippen molar-refractivity contribution < 1.29 is 19.4 Å². The summed E-state index contributed by atoms with van der Waals surface area (Å²) in [6.45, 7) is 4.50. The Hall–Kier alpha value is -1.62. The van der Waals surface area contributed by atoms with E-state index < -0.39 is 17.2 Å². The smallest absolute Gasteiger partial charge is 0.254 e. The van der Waals surface area contributed by atoms with E-state index in [0.717, 1.165) is 18.6 Å². The normalized spacial score (nSPS) is 19.8. The summed E-state index contributed by atoms with van der Waals surface area (Å²) >= 11 is 0. The molecule has 4 nitrogen and oxygen atoms in total. The third-order valence-corrected chi connectivity index (χ3v) is 3.67. The van der Waals surface area contributed by atoms with Crippen molar-refractivity contribution in [2.45, 2.75) is 25.9 Å². The largest absolute Gasteiger partial charge is 0.505 e. The molecule has 1 fully saturated rings. The van der Waals surface area contributed by atoms with Crippen molar-refractivity contribution in [2.24, 2.45) is 5.92 Å². The number of phenols is 1. The van der Waals surface area contributed by atoms with Crippen molar-refractivity contribution in [3.05, 3.63) is 29.6 Å². The summed E-state index contributed by atoms with van der Waals surface area (Å²) in [7, 11) is 0. The topological polar surface area (TPSA) is 60.8 Å². The van der Waals surface area contributed by atoms with E-state index in [2.05, 4.69) is 0 Å². The van der Waals surface area contributed by atoms with Gasteiger partial charge in [0.05, 0.1) is 5.60 Å². The van der Waals surface area contributed by atoms with Gasteiger partial charge >= 0.3 is 0 Å². The Balaban J connectivity index is 2.11. The molecule has 104 valence electrons. The molecule has 0 bridgehead atoms. The van der Waals surface area contributed by atoms with E-state index in [1.165, 1.54) is 6.07 Å². The molecule has 1 amide bonds. The lowest BCUT2D eigenvalue weighted by Gasteiger charge is -2.25. The van der Waals surface area contributed by atoms with Crippen LogP contribution in [0.1, 0.15) is 30.6 Å². The van der Waals surface area contributed by atoms with Gasteiger partial charge in [0.2, 0.25) is 0 Å². The Labute approximate surface area is 111 Å². The predicted octanol–water partition coefficient (Wildman–Crippen LogP) is 1.76. The first kappa shape index (κ1) is 13.8. The average molecular weight is 267 g/mol. The van der Waals surface area contributed by atoms with Gasteiger partial charge < -0.3 is 15.1 Å². The number of rotatable bonds is 2. The summed E-state index contributed by atoms with van der Waals surface area (Å²) in [5.41, 5.74) is -0.560. The van der Waals surface area contributed by atoms with Crippen molar-refractivity contribution in [3.63, 3.8) is 0 Å². The fraction of sp³-hybridized carbons (Fsp3) is 0.500. The molecule has 5 heteroatoms. The van der Waals surface area contributed by atoms with Gasteiger partial charge in [-0.25, -0.2) is 4.39 Å². The molecule has 1 aliphatic heterocycles. The van der Waals surface area contributed by atoms with Crippen LogP contribution >= 0.6 is 0 Å². The van der Waals surface area contributed by atoms with Gasteiger partial charge in [-0.1, -0.05) is 0 Å².